The quantitative estimate of drug-likeness (QED) is 0.842. The van der Waals surface area contributed by atoms with E-state index in [0.717, 1.165) is 18.9 Å². The number of nitrogens with one attached hydrogen (secondary N) is 1. The fraction of sp³-hybridized carbons (Fsp3) is 0.417. The first-order chi connectivity index (χ1) is 8.58. The van der Waals surface area contributed by atoms with E-state index in [2.05, 4.69) is 5.32 Å². The molecular weight excluding hydrogens is 245 g/mol. The molecule has 1 amide bonds. The zero-order valence-electron chi connectivity index (χ0n) is 9.68. The van der Waals surface area contributed by atoms with Crippen LogP contribution in [0.1, 0.15) is 12.8 Å². The second-order valence-electron chi connectivity index (χ2n) is 4.19. The zero-order chi connectivity index (χ0) is 13.1. The molecule has 0 atom stereocenters. The summed E-state index contributed by atoms with van der Waals surface area (Å²) in [6.45, 7) is 1.20. The van der Waals surface area contributed by atoms with Gasteiger partial charge in [0.05, 0.1) is 12.2 Å². The first-order valence-corrected chi connectivity index (χ1v) is 5.74. The highest BCUT2D eigenvalue weighted by molar-refractivity contribution is 5.81. The largest absolute Gasteiger partial charge is 0.374 e. The summed E-state index contributed by atoms with van der Waals surface area (Å²) in [5.74, 6) is -3.53. The van der Waals surface area contributed by atoms with Gasteiger partial charge in [-0.25, -0.2) is 13.2 Å². The lowest BCUT2D eigenvalue weighted by Gasteiger charge is -2.16. The first kappa shape index (κ1) is 12.7. The van der Waals surface area contributed by atoms with Crippen molar-refractivity contribution in [1.82, 2.24) is 4.90 Å². The van der Waals surface area contributed by atoms with Crippen molar-refractivity contribution in [1.29, 1.82) is 0 Å². The summed E-state index contributed by atoms with van der Waals surface area (Å²) < 4.78 is 39.1. The number of nitrogens with zero attached hydrogens (tertiary/aromatic N) is 1. The molecule has 18 heavy (non-hydrogen) atoms. The molecule has 1 aromatic rings. The highest BCUT2D eigenvalue weighted by atomic mass is 19.2. The number of benzene rings is 1. The maximum Gasteiger partial charge on any atom is 0.241 e. The van der Waals surface area contributed by atoms with Crippen LogP contribution in [0.15, 0.2) is 12.1 Å². The topological polar surface area (TPSA) is 32.3 Å². The number of rotatable bonds is 3. The number of carbonyl (C=O) groups excluding carboxylic acids is 1. The van der Waals surface area contributed by atoms with Crippen molar-refractivity contribution >= 4 is 11.6 Å². The summed E-state index contributed by atoms with van der Waals surface area (Å²) in [6.07, 6.45) is 1.91. The lowest BCUT2D eigenvalue weighted by molar-refractivity contribution is -0.128. The molecule has 0 radical (unpaired) electrons. The second kappa shape index (κ2) is 5.29. The Morgan fingerprint density at radius 2 is 1.89 bits per heavy atom. The SMILES string of the molecule is O=C(CNc1cc(F)cc(F)c1F)N1CCCC1. The van der Waals surface area contributed by atoms with E-state index in [1.165, 1.54) is 0 Å². The Balaban J connectivity index is 1.99. The molecule has 1 aliphatic heterocycles. The normalized spacial score (nSPS) is 14.9. The van der Waals surface area contributed by atoms with Crippen molar-refractivity contribution in [2.45, 2.75) is 12.8 Å². The minimum Gasteiger partial charge on any atom is -0.374 e. The van der Waals surface area contributed by atoms with Crippen LogP contribution < -0.4 is 5.32 Å². The zero-order valence-corrected chi connectivity index (χ0v) is 9.68. The maximum absolute atomic E-state index is 13.3. The van der Waals surface area contributed by atoms with Crippen LogP contribution >= 0.6 is 0 Å². The van der Waals surface area contributed by atoms with Gasteiger partial charge in [0.15, 0.2) is 11.6 Å². The second-order valence-corrected chi connectivity index (χ2v) is 4.19. The summed E-state index contributed by atoms with van der Waals surface area (Å²) in [4.78, 5) is 13.3. The molecule has 6 heteroatoms. The summed E-state index contributed by atoms with van der Waals surface area (Å²) in [5.41, 5.74) is -0.333. The fourth-order valence-electron chi connectivity index (χ4n) is 1.93. The number of hydrogen-bond acceptors (Lipinski definition) is 2. The molecule has 0 bridgehead atoms. The van der Waals surface area contributed by atoms with Gasteiger partial charge in [0.25, 0.3) is 0 Å². The molecule has 0 aliphatic carbocycles. The molecule has 1 heterocycles. The number of amides is 1. The standard InChI is InChI=1S/C12H13F3N2O/c13-8-5-9(14)12(15)10(6-8)16-7-11(18)17-3-1-2-4-17/h5-6,16H,1-4,7H2. The van der Waals surface area contributed by atoms with Crippen LogP contribution in [-0.4, -0.2) is 30.4 Å². The molecule has 1 fully saturated rings. The van der Waals surface area contributed by atoms with Crippen molar-refractivity contribution in [2.75, 3.05) is 25.0 Å². The highest BCUT2D eigenvalue weighted by Crippen LogP contribution is 2.19. The number of carbonyl (C=O) groups is 1. The molecule has 1 aromatic carbocycles. The molecule has 1 saturated heterocycles. The molecule has 0 spiro atoms. The Morgan fingerprint density at radius 3 is 2.56 bits per heavy atom. The van der Waals surface area contributed by atoms with Gasteiger partial charge < -0.3 is 10.2 Å². The minimum absolute atomic E-state index is 0.167. The lowest BCUT2D eigenvalue weighted by Crippen LogP contribution is -2.33. The van der Waals surface area contributed by atoms with Crippen LogP contribution in [0, 0.1) is 17.5 Å². The van der Waals surface area contributed by atoms with Gasteiger partial charge in [-0.3, -0.25) is 4.79 Å². The third-order valence-electron chi connectivity index (χ3n) is 2.88. The molecule has 2 rings (SSSR count). The molecule has 3 nitrogen and oxygen atoms in total. The summed E-state index contributed by atoms with van der Waals surface area (Å²) in [5, 5.41) is 2.43. The van der Waals surface area contributed by atoms with E-state index in [1.54, 1.807) is 4.90 Å². The van der Waals surface area contributed by atoms with Crippen molar-refractivity contribution in [3.05, 3.63) is 29.6 Å². The van der Waals surface area contributed by atoms with Crippen molar-refractivity contribution in [2.24, 2.45) is 0 Å². The molecule has 1 aliphatic rings. The Hall–Kier alpha value is -1.72. The third kappa shape index (κ3) is 2.75. The van der Waals surface area contributed by atoms with E-state index >= 15 is 0 Å². The Kier molecular flexibility index (Phi) is 3.74. The van der Waals surface area contributed by atoms with Gasteiger partial charge in [0.2, 0.25) is 5.91 Å². The fourth-order valence-corrected chi connectivity index (χ4v) is 1.93. The third-order valence-corrected chi connectivity index (χ3v) is 2.88. The molecule has 0 saturated carbocycles. The van der Waals surface area contributed by atoms with Crippen molar-refractivity contribution in [3.8, 4) is 0 Å². The van der Waals surface area contributed by atoms with Gasteiger partial charge in [0.1, 0.15) is 5.82 Å². The van der Waals surface area contributed by atoms with Gasteiger partial charge in [-0.05, 0) is 12.8 Å². The summed E-state index contributed by atoms with van der Waals surface area (Å²) in [7, 11) is 0. The van der Waals surface area contributed by atoms with E-state index in [0.29, 0.717) is 19.2 Å². The van der Waals surface area contributed by atoms with Gasteiger partial charge in [0, 0.05) is 25.2 Å². The minimum atomic E-state index is -1.27. The van der Waals surface area contributed by atoms with E-state index in [9.17, 15) is 18.0 Å². The average Bonchev–Trinajstić information content (AvgIpc) is 2.85. The predicted molar refractivity (Wildman–Crippen MR) is 60.6 cm³/mol. The molecular formula is C12H13F3N2O. The highest BCUT2D eigenvalue weighted by Gasteiger charge is 2.18. The Morgan fingerprint density at radius 1 is 1.22 bits per heavy atom. The van der Waals surface area contributed by atoms with Gasteiger partial charge in [-0.2, -0.15) is 0 Å². The van der Waals surface area contributed by atoms with Gasteiger partial charge >= 0.3 is 0 Å². The first-order valence-electron chi connectivity index (χ1n) is 5.74. The smallest absolute Gasteiger partial charge is 0.241 e. The summed E-state index contributed by atoms with van der Waals surface area (Å²) >= 11 is 0. The molecule has 0 aromatic heterocycles. The molecule has 98 valence electrons. The predicted octanol–water partition coefficient (Wildman–Crippen LogP) is 2.14. The van der Waals surface area contributed by atoms with Gasteiger partial charge in [-0.15, -0.1) is 0 Å². The van der Waals surface area contributed by atoms with Crippen LogP contribution in [0.4, 0.5) is 18.9 Å². The number of likely N-dealkylation sites (tertiary alicyclic amines) is 1. The van der Waals surface area contributed by atoms with E-state index in [4.69, 9.17) is 0 Å². The average molecular weight is 258 g/mol. The Bertz CT molecular complexity index is 459. The van der Waals surface area contributed by atoms with Crippen LogP contribution in [0.2, 0.25) is 0 Å². The molecule has 0 unspecified atom stereocenters. The lowest BCUT2D eigenvalue weighted by atomic mass is 10.2. The van der Waals surface area contributed by atoms with Crippen LogP contribution in [0.25, 0.3) is 0 Å². The van der Waals surface area contributed by atoms with Crippen molar-refractivity contribution in [3.63, 3.8) is 0 Å². The van der Waals surface area contributed by atoms with Crippen LogP contribution in [0.5, 0.6) is 0 Å². The number of anilines is 1. The van der Waals surface area contributed by atoms with E-state index in [1.807, 2.05) is 0 Å². The number of halogens is 3. The monoisotopic (exact) mass is 258 g/mol. The Labute approximate surface area is 103 Å². The van der Waals surface area contributed by atoms with Crippen LogP contribution in [0.3, 0.4) is 0 Å². The van der Waals surface area contributed by atoms with Crippen LogP contribution in [-0.2, 0) is 4.79 Å². The molecule has 1 N–H and O–H groups in total. The van der Waals surface area contributed by atoms with E-state index < -0.39 is 17.5 Å². The van der Waals surface area contributed by atoms with Crippen molar-refractivity contribution < 1.29 is 18.0 Å². The number of hydrogen-bond donors (Lipinski definition) is 1. The van der Waals surface area contributed by atoms with Gasteiger partial charge in [-0.1, -0.05) is 0 Å². The van der Waals surface area contributed by atoms with E-state index in [-0.39, 0.29) is 18.1 Å². The summed E-state index contributed by atoms with van der Waals surface area (Å²) in [6, 6.07) is 1.29. The maximum atomic E-state index is 13.3.